The molecule has 3 fully saturated rings. The van der Waals surface area contributed by atoms with Crippen LogP contribution in [-0.2, 0) is 0 Å². The highest BCUT2D eigenvalue weighted by Crippen LogP contribution is 2.30. The molecule has 2 N–H and O–H groups in total. The molecular formula is C21H35N5O. The first-order valence-electron chi connectivity index (χ1n) is 11.1. The van der Waals surface area contributed by atoms with Crippen LogP contribution in [0.4, 0.5) is 4.79 Å². The maximum absolute atomic E-state index is 12.5. The Morgan fingerprint density at radius 3 is 2.74 bits per heavy atom. The molecular weight excluding hydrogens is 338 g/mol. The lowest BCUT2D eigenvalue weighted by Crippen LogP contribution is -2.48. The first kappa shape index (κ1) is 18.8. The molecule has 0 aromatic carbocycles. The van der Waals surface area contributed by atoms with E-state index in [2.05, 4.69) is 25.1 Å². The Morgan fingerprint density at radius 1 is 1.04 bits per heavy atom. The largest absolute Gasteiger partial charge is 0.337 e. The summed E-state index contributed by atoms with van der Waals surface area (Å²) in [5.74, 6) is 0.877. The lowest BCUT2D eigenvalue weighted by Gasteiger charge is -2.31. The fourth-order valence-corrected chi connectivity index (χ4v) is 5.43. The number of nitrogens with zero attached hydrogens (tertiary/aromatic N) is 3. The molecule has 1 saturated heterocycles. The Hall–Kier alpha value is -1.56. The summed E-state index contributed by atoms with van der Waals surface area (Å²) in [5, 5.41) is 6.39. The molecule has 3 unspecified atom stereocenters. The predicted molar refractivity (Wildman–Crippen MR) is 107 cm³/mol. The van der Waals surface area contributed by atoms with Crippen LogP contribution < -0.4 is 10.6 Å². The van der Waals surface area contributed by atoms with Crippen molar-refractivity contribution >= 4 is 6.03 Å². The number of carbonyl (C=O) groups excluding carboxylic acids is 1. The molecule has 6 heteroatoms. The minimum atomic E-state index is -0.00321. The summed E-state index contributed by atoms with van der Waals surface area (Å²) in [7, 11) is 0. The zero-order valence-electron chi connectivity index (χ0n) is 16.5. The third-order valence-electron chi connectivity index (χ3n) is 6.92. The van der Waals surface area contributed by atoms with Gasteiger partial charge in [0.15, 0.2) is 0 Å². The van der Waals surface area contributed by atoms with Gasteiger partial charge in [-0.2, -0.15) is 0 Å². The normalized spacial score (nSPS) is 29.9. The van der Waals surface area contributed by atoms with Gasteiger partial charge in [0.05, 0.1) is 18.4 Å². The average Bonchev–Trinajstić information content (AvgIpc) is 3.43. The second-order valence-corrected chi connectivity index (χ2v) is 8.76. The average molecular weight is 374 g/mol. The zero-order valence-corrected chi connectivity index (χ0v) is 16.5. The Balaban J connectivity index is 1.22. The number of urea groups is 1. The highest BCUT2D eigenvalue weighted by Gasteiger charge is 2.31. The number of hydrogen-bond donors (Lipinski definition) is 2. The van der Waals surface area contributed by atoms with Gasteiger partial charge in [0.25, 0.3) is 0 Å². The summed E-state index contributed by atoms with van der Waals surface area (Å²) in [4.78, 5) is 19.3. The molecule has 0 radical (unpaired) electrons. The molecule has 1 aliphatic heterocycles. The molecule has 27 heavy (non-hydrogen) atoms. The van der Waals surface area contributed by atoms with E-state index in [4.69, 9.17) is 0 Å². The summed E-state index contributed by atoms with van der Waals surface area (Å²) in [6, 6.07) is 1.07. The van der Waals surface area contributed by atoms with E-state index in [-0.39, 0.29) is 12.1 Å². The van der Waals surface area contributed by atoms with E-state index >= 15 is 0 Å². The van der Waals surface area contributed by atoms with Gasteiger partial charge in [0.1, 0.15) is 0 Å². The van der Waals surface area contributed by atoms with Gasteiger partial charge in [-0.25, -0.2) is 9.78 Å². The number of carbonyl (C=O) groups is 1. The quantitative estimate of drug-likeness (QED) is 0.804. The van der Waals surface area contributed by atoms with Crippen molar-refractivity contribution in [3.05, 3.63) is 18.7 Å². The van der Waals surface area contributed by atoms with Crippen molar-refractivity contribution < 1.29 is 4.79 Å². The van der Waals surface area contributed by atoms with Crippen LogP contribution in [0.1, 0.15) is 70.3 Å². The number of amides is 2. The molecule has 2 aliphatic carbocycles. The van der Waals surface area contributed by atoms with Gasteiger partial charge in [-0.1, -0.05) is 19.3 Å². The number of nitrogens with one attached hydrogen (secondary N) is 2. The number of imidazole rings is 1. The Morgan fingerprint density at radius 2 is 1.93 bits per heavy atom. The van der Waals surface area contributed by atoms with Crippen LogP contribution >= 0.6 is 0 Å². The van der Waals surface area contributed by atoms with Crippen LogP contribution in [0.15, 0.2) is 18.7 Å². The van der Waals surface area contributed by atoms with Crippen LogP contribution in [0.2, 0.25) is 0 Å². The van der Waals surface area contributed by atoms with Crippen molar-refractivity contribution in [3.8, 4) is 0 Å². The molecule has 2 saturated carbocycles. The number of hydrogen-bond acceptors (Lipinski definition) is 3. The number of likely N-dealkylation sites (tertiary alicyclic amines) is 1. The Labute approximate surface area is 163 Å². The van der Waals surface area contributed by atoms with Crippen LogP contribution in [0.25, 0.3) is 0 Å². The fraction of sp³-hybridized carbons (Fsp3) is 0.810. The van der Waals surface area contributed by atoms with E-state index in [0.29, 0.717) is 12.1 Å². The van der Waals surface area contributed by atoms with Gasteiger partial charge < -0.3 is 15.2 Å². The molecule has 3 atom stereocenters. The standard InChI is InChI=1S/C21H35N5O/c27-21(24-19-9-4-10-20(19)26-13-11-22-16-26)23-14-18-8-5-12-25(18)15-17-6-2-1-3-7-17/h11,13,16-20H,1-10,12,14-15H2,(H2,23,24,27). The zero-order chi connectivity index (χ0) is 18.5. The maximum Gasteiger partial charge on any atom is 0.315 e. The van der Waals surface area contributed by atoms with Gasteiger partial charge in [-0.3, -0.25) is 4.90 Å². The monoisotopic (exact) mass is 373 g/mol. The molecule has 4 rings (SSSR count). The van der Waals surface area contributed by atoms with Gasteiger partial charge >= 0.3 is 6.03 Å². The SMILES string of the molecule is O=C(NCC1CCCN1CC1CCCCC1)NC1CCCC1n1ccnc1. The highest BCUT2D eigenvalue weighted by molar-refractivity contribution is 5.74. The van der Waals surface area contributed by atoms with E-state index in [0.717, 1.165) is 31.7 Å². The third kappa shape index (κ3) is 4.84. The van der Waals surface area contributed by atoms with E-state index in [1.54, 1.807) is 0 Å². The van der Waals surface area contributed by atoms with Crippen molar-refractivity contribution in [2.45, 2.75) is 82.3 Å². The molecule has 2 amide bonds. The van der Waals surface area contributed by atoms with Crippen molar-refractivity contribution in [2.24, 2.45) is 5.92 Å². The minimum Gasteiger partial charge on any atom is -0.337 e. The fourth-order valence-electron chi connectivity index (χ4n) is 5.43. The molecule has 0 spiro atoms. The second-order valence-electron chi connectivity index (χ2n) is 8.76. The summed E-state index contributed by atoms with van der Waals surface area (Å²) >= 11 is 0. The van der Waals surface area contributed by atoms with Crippen LogP contribution in [0, 0.1) is 5.92 Å². The summed E-state index contributed by atoms with van der Waals surface area (Å²) in [6.07, 6.45) is 18.5. The molecule has 6 nitrogen and oxygen atoms in total. The lowest BCUT2D eigenvalue weighted by atomic mass is 9.89. The van der Waals surface area contributed by atoms with Crippen molar-refractivity contribution in [1.29, 1.82) is 0 Å². The topological polar surface area (TPSA) is 62.2 Å². The molecule has 1 aromatic heterocycles. The Kier molecular flexibility index (Phi) is 6.32. The third-order valence-corrected chi connectivity index (χ3v) is 6.92. The van der Waals surface area contributed by atoms with Gasteiger partial charge in [-0.05, 0) is 57.4 Å². The molecule has 150 valence electrons. The predicted octanol–water partition coefficient (Wildman–Crippen LogP) is 3.32. The van der Waals surface area contributed by atoms with Gasteiger partial charge in [0, 0.05) is 31.5 Å². The van der Waals surface area contributed by atoms with Crippen molar-refractivity contribution in [3.63, 3.8) is 0 Å². The van der Waals surface area contributed by atoms with E-state index in [1.807, 2.05) is 18.7 Å². The van der Waals surface area contributed by atoms with Gasteiger partial charge in [-0.15, -0.1) is 0 Å². The maximum atomic E-state index is 12.5. The molecule has 0 bridgehead atoms. The van der Waals surface area contributed by atoms with E-state index < -0.39 is 0 Å². The van der Waals surface area contributed by atoms with E-state index in [9.17, 15) is 4.79 Å². The summed E-state index contributed by atoms with van der Waals surface area (Å²) in [6.45, 7) is 3.22. The van der Waals surface area contributed by atoms with Crippen LogP contribution in [0.3, 0.4) is 0 Å². The Bertz CT molecular complexity index is 583. The minimum absolute atomic E-state index is 0.00321. The smallest absolute Gasteiger partial charge is 0.315 e. The first-order valence-corrected chi connectivity index (χ1v) is 11.1. The lowest BCUT2D eigenvalue weighted by molar-refractivity contribution is 0.183. The van der Waals surface area contributed by atoms with Gasteiger partial charge in [0.2, 0.25) is 0 Å². The van der Waals surface area contributed by atoms with E-state index in [1.165, 1.54) is 58.0 Å². The number of aromatic nitrogens is 2. The van der Waals surface area contributed by atoms with Crippen molar-refractivity contribution in [1.82, 2.24) is 25.1 Å². The molecule has 2 heterocycles. The van der Waals surface area contributed by atoms with Crippen molar-refractivity contribution in [2.75, 3.05) is 19.6 Å². The summed E-state index contributed by atoms with van der Waals surface area (Å²) in [5.41, 5.74) is 0. The highest BCUT2D eigenvalue weighted by atomic mass is 16.2. The molecule has 1 aromatic rings. The first-order chi connectivity index (χ1) is 13.3. The van der Waals surface area contributed by atoms with Crippen LogP contribution in [0.5, 0.6) is 0 Å². The summed E-state index contributed by atoms with van der Waals surface area (Å²) < 4.78 is 2.14. The number of rotatable bonds is 6. The van der Waals surface area contributed by atoms with Crippen LogP contribution in [-0.4, -0.2) is 52.2 Å². The molecule has 3 aliphatic rings. The second kappa shape index (κ2) is 9.09.